The normalized spacial score (nSPS) is 10.5. The van der Waals surface area contributed by atoms with Crippen molar-refractivity contribution >= 4 is 17.5 Å². The first-order valence-corrected chi connectivity index (χ1v) is 7.35. The molecular weight excluding hydrogens is 284 g/mol. The summed E-state index contributed by atoms with van der Waals surface area (Å²) in [5.74, 6) is -0.0467. The van der Waals surface area contributed by atoms with Crippen molar-refractivity contribution in [3.05, 3.63) is 63.9 Å². The summed E-state index contributed by atoms with van der Waals surface area (Å²) in [6, 6.07) is 11.6. The van der Waals surface area contributed by atoms with Crippen LogP contribution in [-0.4, -0.2) is 22.8 Å². The predicted molar refractivity (Wildman–Crippen MR) is 85.6 cm³/mol. The van der Waals surface area contributed by atoms with Crippen LogP contribution in [-0.2, 0) is 13.0 Å². The number of carbonyl (C=O) groups excluding carboxylic acids is 1. The van der Waals surface area contributed by atoms with Crippen LogP contribution in [0.4, 0.5) is 0 Å². The molecule has 3 nitrogen and oxygen atoms in total. The topological polar surface area (TPSA) is 33.2 Å². The van der Waals surface area contributed by atoms with Crippen molar-refractivity contribution in [2.24, 2.45) is 0 Å². The molecule has 4 heteroatoms. The molecule has 1 aromatic heterocycles. The zero-order valence-corrected chi connectivity index (χ0v) is 13.3. The Morgan fingerprint density at radius 3 is 2.52 bits per heavy atom. The molecule has 0 aliphatic rings. The van der Waals surface area contributed by atoms with Gasteiger partial charge in [0.1, 0.15) is 5.15 Å². The molecule has 21 heavy (non-hydrogen) atoms. The molecule has 2 rings (SSSR count). The van der Waals surface area contributed by atoms with Gasteiger partial charge in [-0.15, -0.1) is 0 Å². The number of halogens is 1. The van der Waals surface area contributed by atoms with Gasteiger partial charge in [0.2, 0.25) is 0 Å². The van der Waals surface area contributed by atoms with E-state index in [0.717, 1.165) is 17.7 Å². The molecule has 1 aromatic carbocycles. The zero-order chi connectivity index (χ0) is 15.4. The minimum absolute atomic E-state index is 0.0467. The number of rotatable bonds is 4. The van der Waals surface area contributed by atoms with Crippen molar-refractivity contribution < 1.29 is 4.79 Å². The van der Waals surface area contributed by atoms with E-state index in [1.54, 1.807) is 24.1 Å². The number of aryl methyl sites for hydroxylation is 2. The maximum absolute atomic E-state index is 12.5. The summed E-state index contributed by atoms with van der Waals surface area (Å²) in [5, 5.41) is 0.362. The molecule has 0 aliphatic carbocycles. The number of hydrogen-bond acceptors (Lipinski definition) is 2. The Hall–Kier alpha value is -1.87. The number of amides is 1. The summed E-state index contributed by atoms with van der Waals surface area (Å²) in [6.07, 6.45) is 0.752. The van der Waals surface area contributed by atoms with Crippen LogP contribution in [0.2, 0.25) is 5.15 Å². The molecule has 1 amide bonds. The van der Waals surface area contributed by atoms with E-state index >= 15 is 0 Å². The lowest BCUT2D eigenvalue weighted by molar-refractivity contribution is 0.0785. The number of pyridine rings is 1. The third-order valence-corrected chi connectivity index (χ3v) is 3.54. The van der Waals surface area contributed by atoms with Crippen LogP contribution in [0.3, 0.4) is 0 Å². The molecule has 110 valence electrons. The second-order valence-corrected chi connectivity index (χ2v) is 5.56. The van der Waals surface area contributed by atoms with Crippen LogP contribution in [0.5, 0.6) is 0 Å². The molecule has 1 heterocycles. The highest BCUT2D eigenvalue weighted by Crippen LogP contribution is 2.15. The molecule has 0 aliphatic heterocycles. The SMILES string of the molecule is CCc1cc(C(=O)N(C)Cc2ccc(C)cc2)cc(Cl)n1. The molecule has 0 saturated carbocycles. The van der Waals surface area contributed by atoms with Crippen LogP contribution in [0.25, 0.3) is 0 Å². The van der Waals surface area contributed by atoms with Gasteiger partial charge in [-0.2, -0.15) is 0 Å². The molecule has 0 fully saturated rings. The second-order valence-electron chi connectivity index (χ2n) is 5.17. The average Bonchev–Trinajstić information content (AvgIpc) is 2.48. The van der Waals surface area contributed by atoms with Gasteiger partial charge in [0.25, 0.3) is 5.91 Å². The largest absolute Gasteiger partial charge is 0.337 e. The van der Waals surface area contributed by atoms with Crippen LogP contribution < -0.4 is 0 Å². The van der Waals surface area contributed by atoms with Gasteiger partial charge in [-0.05, 0) is 31.0 Å². The Bertz CT molecular complexity index is 638. The summed E-state index contributed by atoms with van der Waals surface area (Å²) in [4.78, 5) is 18.3. The molecule has 0 bridgehead atoms. The molecule has 0 N–H and O–H groups in total. The lowest BCUT2D eigenvalue weighted by Gasteiger charge is -2.18. The van der Waals surface area contributed by atoms with Gasteiger partial charge < -0.3 is 4.90 Å². The minimum Gasteiger partial charge on any atom is -0.337 e. The second kappa shape index (κ2) is 6.72. The Kier molecular flexibility index (Phi) is 4.97. The third-order valence-electron chi connectivity index (χ3n) is 3.34. The van der Waals surface area contributed by atoms with Crippen molar-refractivity contribution in [1.82, 2.24) is 9.88 Å². The van der Waals surface area contributed by atoms with Crippen molar-refractivity contribution in [3.8, 4) is 0 Å². The summed E-state index contributed by atoms with van der Waals surface area (Å²) < 4.78 is 0. The van der Waals surface area contributed by atoms with E-state index < -0.39 is 0 Å². The number of nitrogens with zero attached hydrogens (tertiary/aromatic N) is 2. The van der Waals surface area contributed by atoms with Crippen molar-refractivity contribution in [3.63, 3.8) is 0 Å². The molecule has 0 spiro atoms. The van der Waals surface area contributed by atoms with Gasteiger partial charge in [-0.25, -0.2) is 4.98 Å². The Balaban J connectivity index is 2.15. The fourth-order valence-electron chi connectivity index (χ4n) is 2.12. The highest BCUT2D eigenvalue weighted by Gasteiger charge is 2.14. The molecule has 0 saturated heterocycles. The fraction of sp³-hybridized carbons (Fsp3) is 0.294. The van der Waals surface area contributed by atoms with E-state index in [-0.39, 0.29) is 5.91 Å². The summed E-state index contributed by atoms with van der Waals surface area (Å²) in [7, 11) is 1.79. The van der Waals surface area contributed by atoms with Gasteiger partial charge in [0.15, 0.2) is 0 Å². The fourth-order valence-corrected chi connectivity index (χ4v) is 2.34. The van der Waals surface area contributed by atoms with Gasteiger partial charge in [-0.3, -0.25) is 4.79 Å². The van der Waals surface area contributed by atoms with E-state index in [1.165, 1.54) is 5.56 Å². The first-order chi connectivity index (χ1) is 9.99. The Morgan fingerprint density at radius 2 is 1.90 bits per heavy atom. The Labute approximate surface area is 130 Å². The van der Waals surface area contributed by atoms with Crippen molar-refractivity contribution in [2.75, 3.05) is 7.05 Å². The van der Waals surface area contributed by atoms with E-state index in [2.05, 4.69) is 4.98 Å². The van der Waals surface area contributed by atoms with Crippen LogP contribution in [0, 0.1) is 6.92 Å². The summed E-state index contributed by atoms with van der Waals surface area (Å²) >= 11 is 5.97. The van der Waals surface area contributed by atoms with Crippen LogP contribution in [0.1, 0.15) is 34.1 Å². The first-order valence-electron chi connectivity index (χ1n) is 6.97. The Morgan fingerprint density at radius 1 is 1.24 bits per heavy atom. The first kappa shape index (κ1) is 15.5. The summed E-state index contributed by atoms with van der Waals surface area (Å²) in [5.41, 5.74) is 3.73. The van der Waals surface area contributed by atoms with E-state index in [4.69, 9.17) is 11.6 Å². The lowest BCUT2D eigenvalue weighted by Crippen LogP contribution is -2.26. The summed E-state index contributed by atoms with van der Waals surface area (Å²) in [6.45, 7) is 4.60. The van der Waals surface area contributed by atoms with Gasteiger partial charge in [0.05, 0.1) is 0 Å². The van der Waals surface area contributed by atoms with E-state index in [9.17, 15) is 4.79 Å². The van der Waals surface area contributed by atoms with Crippen molar-refractivity contribution in [2.45, 2.75) is 26.8 Å². The number of aromatic nitrogens is 1. The number of benzene rings is 1. The van der Waals surface area contributed by atoms with Gasteiger partial charge in [0, 0.05) is 24.8 Å². The zero-order valence-electron chi connectivity index (χ0n) is 12.6. The predicted octanol–water partition coefficient (Wildman–Crippen LogP) is 3.88. The molecule has 0 radical (unpaired) electrons. The monoisotopic (exact) mass is 302 g/mol. The minimum atomic E-state index is -0.0467. The maximum Gasteiger partial charge on any atom is 0.254 e. The molecule has 2 aromatic rings. The van der Waals surface area contributed by atoms with Gasteiger partial charge in [-0.1, -0.05) is 48.4 Å². The molecule has 0 atom stereocenters. The number of hydrogen-bond donors (Lipinski definition) is 0. The molecule has 0 unspecified atom stereocenters. The average molecular weight is 303 g/mol. The van der Waals surface area contributed by atoms with Crippen LogP contribution >= 0.6 is 11.6 Å². The standard InChI is InChI=1S/C17H19ClN2O/c1-4-15-9-14(10-16(18)19-15)17(21)20(3)11-13-7-5-12(2)6-8-13/h5-10H,4,11H2,1-3H3. The highest BCUT2D eigenvalue weighted by molar-refractivity contribution is 6.29. The van der Waals surface area contributed by atoms with E-state index in [1.807, 2.05) is 38.1 Å². The maximum atomic E-state index is 12.5. The smallest absolute Gasteiger partial charge is 0.254 e. The quantitative estimate of drug-likeness (QED) is 0.803. The van der Waals surface area contributed by atoms with Crippen LogP contribution in [0.15, 0.2) is 36.4 Å². The third kappa shape index (κ3) is 4.05. The van der Waals surface area contributed by atoms with Crippen molar-refractivity contribution in [1.29, 1.82) is 0 Å². The number of carbonyl (C=O) groups is 1. The van der Waals surface area contributed by atoms with E-state index in [0.29, 0.717) is 17.3 Å². The lowest BCUT2D eigenvalue weighted by atomic mass is 10.1. The molecular formula is C17H19ClN2O. The van der Waals surface area contributed by atoms with Gasteiger partial charge >= 0.3 is 0 Å². The highest BCUT2D eigenvalue weighted by atomic mass is 35.5.